The molecule has 1 aliphatic rings. The predicted octanol–water partition coefficient (Wildman–Crippen LogP) is 3.62. The lowest BCUT2D eigenvalue weighted by Crippen LogP contribution is -3.13. The van der Waals surface area contributed by atoms with E-state index in [1.54, 1.807) is 19.2 Å². The van der Waals surface area contributed by atoms with Gasteiger partial charge in [0.15, 0.2) is 0 Å². The van der Waals surface area contributed by atoms with E-state index in [1.807, 2.05) is 12.1 Å². The third-order valence-electron chi connectivity index (χ3n) is 5.48. The maximum absolute atomic E-state index is 12.7. The smallest absolute Gasteiger partial charge is 0.341 e. The number of carbonyl (C=O) groups excluding carboxylic acids is 1. The lowest BCUT2D eigenvalue weighted by Gasteiger charge is -2.35. The summed E-state index contributed by atoms with van der Waals surface area (Å²) >= 11 is 12.6. The third kappa shape index (κ3) is 4.24. The van der Waals surface area contributed by atoms with Crippen molar-refractivity contribution in [1.82, 2.24) is 4.98 Å². The van der Waals surface area contributed by atoms with Gasteiger partial charge in [-0.25, -0.2) is 4.79 Å². The molecule has 1 N–H and O–H groups in total. The quantitative estimate of drug-likeness (QED) is 0.610. The number of esters is 1. The lowest BCUT2D eigenvalue weighted by atomic mass is 10.1. The molecule has 156 valence electrons. The maximum Gasteiger partial charge on any atom is 0.341 e. The Hall–Kier alpha value is -2.34. The van der Waals surface area contributed by atoms with Crippen LogP contribution in [0.4, 0.5) is 5.69 Å². The molecular weight excluding hydrogens is 421 g/mol. The Labute approximate surface area is 186 Å². The number of fused-ring (bicyclic) bond motifs is 1. The zero-order chi connectivity index (χ0) is 21.1. The highest BCUT2D eigenvalue weighted by atomic mass is 35.5. The van der Waals surface area contributed by atoms with Gasteiger partial charge in [-0.3, -0.25) is 4.98 Å². The molecule has 1 saturated heterocycles. The molecule has 3 aromatic rings. The standard InChI is InChI=1S/C23H23Cl2N3O2/c1-2-30-23(29)18-14-26-21-17(8-9-19(24)20(21)25)22(18)28-12-10-27(11-13-28)15-16-6-4-3-5-7-16/h3-9,14H,2,10-13,15H2,1H3/p+1. The first-order valence-corrected chi connectivity index (χ1v) is 10.9. The van der Waals surface area contributed by atoms with Gasteiger partial charge in [-0.1, -0.05) is 53.5 Å². The van der Waals surface area contributed by atoms with Crippen molar-refractivity contribution in [3.05, 3.63) is 69.8 Å². The summed E-state index contributed by atoms with van der Waals surface area (Å²) in [6.07, 6.45) is 1.56. The highest BCUT2D eigenvalue weighted by Gasteiger charge is 2.27. The Kier molecular flexibility index (Phi) is 6.42. The van der Waals surface area contributed by atoms with Crippen LogP contribution in [-0.4, -0.2) is 43.7 Å². The number of pyridine rings is 1. The fourth-order valence-corrected chi connectivity index (χ4v) is 4.37. The van der Waals surface area contributed by atoms with Gasteiger partial charge in [-0.2, -0.15) is 0 Å². The Morgan fingerprint density at radius 1 is 1.13 bits per heavy atom. The fraction of sp³-hybridized carbons (Fsp3) is 0.304. The molecule has 30 heavy (non-hydrogen) atoms. The third-order valence-corrected chi connectivity index (χ3v) is 6.28. The average Bonchev–Trinajstić information content (AvgIpc) is 2.77. The number of benzene rings is 2. The van der Waals surface area contributed by atoms with E-state index in [0.717, 1.165) is 43.8 Å². The molecule has 1 fully saturated rings. The van der Waals surface area contributed by atoms with Gasteiger partial charge in [0.25, 0.3) is 0 Å². The number of hydrogen-bond acceptors (Lipinski definition) is 4. The van der Waals surface area contributed by atoms with Crippen LogP contribution < -0.4 is 9.80 Å². The SMILES string of the molecule is CCOC(=O)c1cnc2c(Cl)c(Cl)ccc2c1N1CC[NH+](Cc2ccccc2)CC1. The van der Waals surface area contributed by atoms with Crippen LogP contribution in [0.1, 0.15) is 22.8 Å². The first-order chi connectivity index (χ1) is 14.6. The largest absolute Gasteiger partial charge is 0.462 e. The molecule has 0 radical (unpaired) electrons. The Bertz CT molecular complexity index is 1050. The van der Waals surface area contributed by atoms with Gasteiger partial charge in [0, 0.05) is 17.1 Å². The number of quaternary nitrogens is 1. The highest BCUT2D eigenvalue weighted by Crippen LogP contribution is 2.36. The van der Waals surface area contributed by atoms with E-state index in [2.05, 4.69) is 34.1 Å². The molecule has 5 nitrogen and oxygen atoms in total. The molecule has 0 saturated carbocycles. The van der Waals surface area contributed by atoms with Gasteiger partial charge in [0.05, 0.1) is 54.0 Å². The van der Waals surface area contributed by atoms with E-state index in [0.29, 0.717) is 27.7 Å². The molecule has 7 heteroatoms. The number of carbonyl (C=O) groups is 1. The number of nitrogens with one attached hydrogen (secondary N) is 1. The Balaban J connectivity index is 1.64. The van der Waals surface area contributed by atoms with Crippen LogP contribution in [0.2, 0.25) is 10.0 Å². The summed E-state index contributed by atoms with van der Waals surface area (Å²) in [6, 6.07) is 14.2. The summed E-state index contributed by atoms with van der Waals surface area (Å²) in [5.41, 5.74) is 3.24. The van der Waals surface area contributed by atoms with Crippen molar-refractivity contribution in [1.29, 1.82) is 0 Å². The van der Waals surface area contributed by atoms with Gasteiger partial charge in [0.1, 0.15) is 12.1 Å². The van der Waals surface area contributed by atoms with E-state index < -0.39 is 0 Å². The summed E-state index contributed by atoms with van der Waals surface area (Å²) in [4.78, 5) is 20.8. The summed E-state index contributed by atoms with van der Waals surface area (Å²) in [5, 5.41) is 1.67. The van der Waals surface area contributed by atoms with E-state index in [-0.39, 0.29) is 5.97 Å². The number of rotatable bonds is 5. The van der Waals surface area contributed by atoms with E-state index in [9.17, 15) is 4.79 Å². The molecule has 4 rings (SSSR count). The van der Waals surface area contributed by atoms with Gasteiger partial charge in [0.2, 0.25) is 0 Å². The fourth-order valence-electron chi connectivity index (χ4n) is 4.00. The first kappa shape index (κ1) is 20.9. The zero-order valence-corrected chi connectivity index (χ0v) is 18.3. The second kappa shape index (κ2) is 9.21. The predicted molar refractivity (Wildman–Crippen MR) is 121 cm³/mol. The van der Waals surface area contributed by atoms with Crippen molar-refractivity contribution in [2.45, 2.75) is 13.5 Å². The van der Waals surface area contributed by atoms with Crippen LogP contribution in [-0.2, 0) is 11.3 Å². The average molecular weight is 445 g/mol. The van der Waals surface area contributed by atoms with Crippen LogP contribution in [0.25, 0.3) is 10.9 Å². The normalized spacial score (nSPS) is 14.8. The molecule has 1 aromatic heterocycles. The number of hydrogen-bond donors (Lipinski definition) is 1. The van der Waals surface area contributed by atoms with Crippen molar-refractivity contribution >= 4 is 45.8 Å². The van der Waals surface area contributed by atoms with E-state index in [1.165, 1.54) is 10.5 Å². The number of piperazine rings is 1. The number of halogens is 2. The monoisotopic (exact) mass is 444 g/mol. The molecule has 0 bridgehead atoms. The summed E-state index contributed by atoms with van der Waals surface area (Å²) in [5.74, 6) is -0.368. The maximum atomic E-state index is 12.7. The van der Waals surface area contributed by atoms with Crippen LogP contribution in [0.3, 0.4) is 0 Å². The van der Waals surface area contributed by atoms with Gasteiger partial charge in [-0.15, -0.1) is 0 Å². The van der Waals surface area contributed by atoms with Crippen molar-refractivity contribution in [3.63, 3.8) is 0 Å². The second-order valence-electron chi connectivity index (χ2n) is 7.40. The minimum Gasteiger partial charge on any atom is -0.462 e. The van der Waals surface area contributed by atoms with Crippen LogP contribution in [0.15, 0.2) is 48.7 Å². The minimum atomic E-state index is -0.368. The molecule has 2 aromatic carbocycles. The van der Waals surface area contributed by atoms with Crippen LogP contribution >= 0.6 is 23.2 Å². The number of aromatic nitrogens is 1. The number of nitrogens with zero attached hydrogens (tertiary/aromatic N) is 2. The Morgan fingerprint density at radius 2 is 1.87 bits per heavy atom. The number of ether oxygens (including phenoxy) is 1. The Morgan fingerprint density at radius 3 is 2.57 bits per heavy atom. The van der Waals surface area contributed by atoms with E-state index >= 15 is 0 Å². The van der Waals surface area contributed by atoms with Gasteiger partial charge in [-0.05, 0) is 19.1 Å². The molecule has 0 spiro atoms. The van der Waals surface area contributed by atoms with E-state index in [4.69, 9.17) is 27.9 Å². The molecule has 2 heterocycles. The lowest BCUT2D eigenvalue weighted by molar-refractivity contribution is -0.914. The summed E-state index contributed by atoms with van der Waals surface area (Å²) in [7, 11) is 0. The summed E-state index contributed by atoms with van der Waals surface area (Å²) < 4.78 is 5.29. The summed E-state index contributed by atoms with van der Waals surface area (Å²) in [6.45, 7) is 6.71. The van der Waals surface area contributed by atoms with Crippen molar-refractivity contribution < 1.29 is 14.4 Å². The molecular formula is C23H24Cl2N3O2+. The minimum absolute atomic E-state index is 0.312. The highest BCUT2D eigenvalue weighted by molar-refractivity contribution is 6.45. The second-order valence-corrected chi connectivity index (χ2v) is 8.18. The molecule has 0 aliphatic carbocycles. The zero-order valence-electron chi connectivity index (χ0n) is 16.8. The first-order valence-electron chi connectivity index (χ1n) is 10.1. The van der Waals surface area contributed by atoms with Crippen LogP contribution in [0, 0.1) is 0 Å². The molecule has 0 atom stereocenters. The van der Waals surface area contributed by atoms with Gasteiger partial charge < -0.3 is 14.5 Å². The molecule has 0 unspecified atom stereocenters. The van der Waals surface area contributed by atoms with Crippen molar-refractivity contribution in [2.75, 3.05) is 37.7 Å². The number of anilines is 1. The topological polar surface area (TPSA) is 46.9 Å². The van der Waals surface area contributed by atoms with Crippen molar-refractivity contribution in [3.8, 4) is 0 Å². The van der Waals surface area contributed by atoms with Crippen molar-refractivity contribution in [2.24, 2.45) is 0 Å². The molecule has 1 aliphatic heterocycles. The van der Waals surface area contributed by atoms with Gasteiger partial charge >= 0.3 is 5.97 Å². The molecule has 0 amide bonds. The van der Waals surface area contributed by atoms with Crippen LogP contribution in [0.5, 0.6) is 0 Å².